The fourth-order valence-electron chi connectivity index (χ4n) is 1.18. The molecule has 5 heteroatoms. The maximum absolute atomic E-state index is 9.20. The van der Waals surface area contributed by atoms with Crippen molar-refractivity contribution < 1.29 is 25.2 Å². The summed E-state index contributed by atoms with van der Waals surface area (Å²) in [4.78, 5) is 0. The van der Waals surface area contributed by atoms with Crippen molar-refractivity contribution in [2.75, 3.05) is 6.61 Å². The van der Waals surface area contributed by atoms with Crippen molar-refractivity contribution in [2.45, 2.75) is 30.5 Å². The zero-order chi connectivity index (χ0) is 9.30. The minimum Gasteiger partial charge on any atom is -0.394 e. The molecule has 5 nitrogen and oxygen atoms in total. The molecule has 1 unspecified atom stereocenters. The standard InChI is InChI=1S/C7H13O5/c1-3-5(9)7(11)6(10)4(2-8)12-3/h3-11H,1-2H2/t3?,4-,5+,6+,7-/m1/s1. The first-order valence-electron chi connectivity index (χ1n) is 3.71. The number of aliphatic hydroxyl groups is 4. The molecular weight excluding hydrogens is 164 g/mol. The molecule has 1 heterocycles. The number of aliphatic hydroxyl groups excluding tert-OH is 4. The molecule has 1 aliphatic rings. The topological polar surface area (TPSA) is 90.2 Å². The Morgan fingerprint density at radius 2 is 1.67 bits per heavy atom. The van der Waals surface area contributed by atoms with E-state index in [1.807, 2.05) is 0 Å². The minimum atomic E-state index is -1.31. The molecule has 0 aromatic heterocycles. The predicted octanol–water partition coefficient (Wildman–Crippen LogP) is -2.34. The van der Waals surface area contributed by atoms with Gasteiger partial charge >= 0.3 is 0 Å². The normalized spacial score (nSPS) is 49.2. The van der Waals surface area contributed by atoms with Crippen LogP contribution in [0.1, 0.15) is 0 Å². The molecule has 1 fully saturated rings. The highest BCUT2D eigenvalue weighted by atomic mass is 16.5. The Kier molecular flexibility index (Phi) is 3.03. The van der Waals surface area contributed by atoms with Crippen LogP contribution >= 0.6 is 0 Å². The third-order valence-electron chi connectivity index (χ3n) is 1.99. The number of rotatable bonds is 1. The average molecular weight is 177 g/mol. The van der Waals surface area contributed by atoms with Crippen molar-refractivity contribution >= 4 is 0 Å². The van der Waals surface area contributed by atoms with Gasteiger partial charge in [-0.1, -0.05) is 0 Å². The fraction of sp³-hybridized carbons (Fsp3) is 0.857. The summed E-state index contributed by atoms with van der Waals surface area (Å²) in [5.41, 5.74) is 0. The zero-order valence-corrected chi connectivity index (χ0v) is 6.50. The number of hydrogen-bond acceptors (Lipinski definition) is 5. The van der Waals surface area contributed by atoms with Gasteiger partial charge in [-0.25, -0.2) is 0 Å². The molecular formula is C7H13O5. The highest BCUT2D eigenvalue weighted by Gasteiger charge is 2.41. The lowest BCUT2D eigenvalue weighted by Gasteiger charge is -2.38. The Labute approximate surface area is 70.2 Å². The third-order valence-corrected chi connectivity index (χ3v) is 1.99. The van der Waals surface area contributed by atoms with Crippen LogP contribution in [0.15, 0.2) is 0 Å². The van der Waals surface area contributed by atoms with Gasteiger partial charge < -0.3 is 25.2 Å². The SMILES string of the molecule is [CH2]C1O[C@H](CO)[C@H](O)[C@H](O)[C@H]1O. The Hall–Kier alpha value is -0.200. The zero-order valence-electron chi connectivity index (χ0n) is 6.50. The van der Waals surface area contributed by atoms with Crippen LogP contribution < -0.4 is 0 Å². The van der Waals surface area contributed by atoms with E-state index in [4.69, 9.17) is 14.9 Å². The summed E-state index contributed by atoms with van der Waals surface area (Å²) in [6.45, 7) is 3.00. The first-order chi connectivity index (χ1) is 5.57. The van der Waals surface area contributed by atoms with Crippen molar-refractivity contribution in [3.63, 3.8) is 0 Å². The molecule has 5 atom stereocenters. The van der Waals surface area contributed by atoms with Crippen LogP contribution in [0, 0.1) is 6.92 Å². The molecule has 0 aliphatic carbocycles. The smallest absolute Gasteiger partial charge is 0.111 e. The van der Waals surface area contributed by atoms with E-state index >= 15 is 0 Å². The van der Waals surface area contributed by atoms with Gasteiger partial charge in [0.15, 0.2) is 0 Å². The van der Waals surface area contributed by atoms with E-state index < -0.39 is 37.1 Å². The summed E-state index contributed by atoms with van der Waals surface area (Å²) in [5, 5.41) is 36.2. The lowest BCUT2D eigenvalue weighted by atomic mass is 9.96. The van der Waals surface area contributed by atoms with Crippen LogP contribution in [0.2, 0.25) is 0 Å². The van der Waals surface area contributed by atoms with Crippen LogP contribution in [0.4, 0.5) is 0 Å². The molecule has 0 aromatic rings. The van der Waals surface area contributed by atoms with Gasteiger partial charge in [-0.3, -0.25) is 0 Å². The second kappa shape index (κ2) is 3.68. The second-order valence-corrected chi connectivity index (χ2v) is 2.87. The van der Waals surface area contributed by atoms with Crippen molar-refractivity contribution in [1.82, 2.24) is 0 Å². The van der Waals surface area contributed by atoms with Crippen LogP contribution in [0.25, 0.3) is 0 Å². The highest BCUT2D eigenvalue weighted by molar-refractivity contribution is 4.92. The summed E-state index contributed by atoms with van der Waals surface area (Å²) in [5.74, 6) is 0. The van der Waals surface area contributed by atoms with E-state index in [9.17, 15) is 10.2 Å². The lowest BCUT2D eigenvalue weighted by molar-refractivity contribution is -0.217. The van der Waals surface area contributed by atoms with E-state index in [1.54, 1.807) is 0 Å². The minimum absolute atomic E-state index is 0.406. The Balaban J connectivity index is 2.63. The van der Waals surface area contributed by atoms with Crippen molar-refractivity contribution in [2.24, 2.45) is 0 Å². The van der Waals surface area contributed by atoms with E-state index in [0.29, 0.717) is 0 Å². The third kappa shape index (κ3) is 1.60. The van der Waals surface area contributed by atoms with Gasteiger partial charge in [0.2, 0.25) is 0 Å². The molecule has 0 bridgehead atoms. The largest absolute Gasteiger partial charge is 0.394 e. The molecule has 1 aliphatic heterocycles. The molecule has 0 saturated carbocycles. The summed E-state index contributed by atoms with van der Waals surface area (Å²) in [6, 6.07) is 0. The Morgan fingerprint density at radius 3 is 2.17 bits per heavy atom. The van der Waals surface area contributed by atoms with Gasteiger partial charge in [0.1, 0.15) is 24.4 Å². The number of ether oxygens (including phenoxy) is 1. The van der Waals surface area contributed by atoms with Gasteiger partial charge in [0.05, 0.1) is 12.7 Å². The summed E-state index contributed by atoms with van der Waals surface area (Å²) in [6.07, 6.45) is -5.46. The molecule has 1 rings (SSSR count). The van der Waals surface area contributed by atoms with Crippen molar-refractivity contribution in [1.29, 1.82) is 0 Å². The second-order valence-electron chi connectivity index (χ2n) is 2.87. The highest BCUT2D eigenvalue weighted by Crippen LogP contribution is 2.19. The van der Waals surface area contributed by atoms with Gasteiger partial charge in [0, 0.05) is 0 Å². The first kappa shape index (κ1) is 9.88. The maximum atomic E-state index is 9.20. The van der Waals surface area contributed by atoms with E-state index in [0.717, 1.165) is 0 Å². The quantitative estimate of drug-likeness (QED) is 0.360. The van der Waals surface area contributed by atoms with Crippen LogP contribution in [-0.2, 0) is 4.74 Å². The van der Waals surface area contributed by atoms with E-state index in [-0.39, 0.29) is 0 Å². The Morgan fingerprint density at radius 1 is 1.08 bits per heavy atom. The van der Waals surface area contributed by atoms with Gasteiger partial charge in [-0.2, -0.15) is 0 Å². The molecule has 0 spiro atoms. The van der Waals surface area contributed by atoms with Crippen molar-refractivity contribution in [3.8, 4) is 0 Å². The van der Waals surface area contributed by atoms with Gasteiger partial charge in [-0.15, -0.1) is 0 Å². The fourth-order valence-corrected chi connectivity index (χ4v) is 1.18. The van der Waals surface area contributed by atoms with Gasteiger partial charge in [-0.05, 0) is 6.92 Å². The van der Waals surface area contributed by atoms with E-state index in [2.05, 4.69) is 6.92 Å². The predicted molar refractivity (Wildman–Crippen MR) is 39.1 cm³/mol. The van der Waals surface area contributed by atoms with Crippen LogP contribution in [-0.4, -0.2) is 57.6 Å². The molecule has 0 aromatic carbocycles. The summed E-state index contributed by atoms with van der Waals surface area (Å²) < 4.78 is 4.91. The van der Waals surface area contributed by atoms with Gasteiger partial charge in [0.25, 0.3) is 0 Å². The molecule has 1 saturated heterocycles. The first-order valence-corrected chi connectivity index (χ1v) is 3.71. The lowest BCUT2D eigenvalue weighted by Crippen LogP contribution is -2.57. The van der Waals surface area contributed by atoms with Crippen LogP contribution in [0.5, 0.6) is 0 Å². The summed E-state index contributed by atoms with van der Waals surface area (Å²) in [7, 11) is 0. The summed E-state index contributed by atoms with van der Waals surface area (Å²) >= 11 is 0. The molecule has 1 radical (unpaired) electrons. The molecule has 0 amide bonds. The maximum Gasteiger partial charge on any atom is 0.111 e. The molecule has 12 heavy (non-hydrogen) atoms. The molecule has 4 N–H and O–H groups in total. The van der Waals surface area contributed by atoms with E-state index in [1.165, 1.54) is 0 Å². The Bertz CT molecular complexity index is 146. The monoisotopic (exact) mass is 177 g/mol. The number of hydrogen-bond donors (Lipinski definition) is 4. The molecule has 71 valence electrons. The average Bonchev–Trinajstić information content (AvgIpc) is 2.08. The van der Waals surface area contributed by atoms with Crippen LogP contribution in [0.3, 0.4) is 0 Å². The van der Waals surface area contributed by atoms with Crippen molar-refractivity contribution in [3.05, 3.63) is 6.92 Å².